The van der Waals surface area contributed by atoms with Gasteiger partial charge in [-0.15, -0.1) is 0 Å². The summed E-state index contributed by atoms with van der Waals surface area (Å²) in [6.07, 6.45) is 2.00. The van der Waals surface area contributed by atoms with E-state index in [0.29, 0.717) is 5.71 Å². The maximum Gasteiger partial charge on any atom is 0.112 e. The van der Waals surface area contributed by atoms with Crippen molar-refractivity contribution in [1.82, 2.24) is 0 Å². The van der Waals surface area contributed by atoms with Crippen molar-refractivity contribution in [2.75, 3.05) is 0 Å². The lowest BCUT2D eigenvalue weighted by Gasteiger charge is -2.05. The van der Waals surface area contributed by atoms with Crippen LogP contribution in [-0.4, -0.2) is 10.9 Å². The summed E-state index contributed by atoms with van der Waals surface area (Å²) in [5.41, 5.74) is 3.52. The Bertz CT molecular complexity index is 556. The Balaban J connectivity index is 2.33. The van der Waals surface area contributed by atoms with E-state index in [0.717, 1.165) is 16.7 Å². The molecule has 0 amide bonds. The number of hydrogen-bond acceptors (Lipinski definition) is 2. The number of hydrogen-bond donors (Lipinski definition) is 1. The zero-order chi connectivity index (χ0) is 12.8. The molecule has 0 heterocycles. The van der Waals surface area contributed by atoms with E-state index in [1.807, 2.05) is 73.7 Å². The molecule has 2 nitrogen and oxygen atoms in total. The third kappa shape index (κ3) is 2.86. The molecule has 0 spiro atoms. The normalized spacial score (nSPS) is 12.5. The third-order valence-electron chi connectivity index (χ3n) is 2.70. The van der Waals surface area contributed by atoms with Gasteiger partial charge in [0, 0.05) is 5.56 Å². The summed E-state index contributed by atoms with van der Waals surface area (Å²) >= 11 is 0. The zero-order valence-corrected chi connectivity index (χ0v) is 10.2. The summed E-state index contributed by atoms with van der Waals surface area (Å²) in [6, 6.07) is 19.6. The van der Waals surface area contributed by atoms with Crippen molar-refractivity contribution >= 4 is 11.8 Å². The van der Waals surface area contributed by atoms with Gasteiger partial charge in [-0.2, -0.15) is 0 Å². The Morgan fingerprint density at radius 2 is 1.50 bits per heavy atom. The van der Waals surface area contributed by atoms with Gasteiger partial charge in [0.2, 0.25) is 0 Å². The Hall–Kier alpha value is -2.35. The molecule has 18 heavy (non-hydrogen) atoms. The molecule has 0 aromatic heterocycles. The molecule has 0 aliphatic heterocycles. The van der Waals surface area contributed by atoms with Gasteiger partial charge < -0.3 is 5.21 Å². The first-order chi connectivity index (χ1) is 8.81. The van der Waals surface area contributed by atoms with Crippen LogP contribution in [0.1, 0.15) is 18.1 Å². The number of oxime groups is 1. The van der Waals surface area contributed by atoms with Crippen LogP contribution in [0.25, 0.3) is 6.08 Å². The van der Waals surface area contributed by atoms with Crippen LogP contribution in [0, 0.1) is 0 Å². The van der Waals surface area contributed by atoms with E-state index in [2.05, 4.69) is 5.16 Å². The van der Waals surface area contributed by atoms with E-state index in [1.54, 1.807) is 0 Å². The summed E-state index contributed by atoms with van der Waals surface area (Å²) in [6.45, 7) is 1.94. The predicted octanol–water partition coefficient (Wildman–Crippen LogP) is 3.97. The highest BCUT2D eigenvalue weighted by atomic mass is 16.4. The van der Waals surface area contributed by atoms with Crippen LogP contribution in [0.15, 0.2) is 71.4 Å². The van der Waals surface area contributed by atoms with Crippen molar-refractivity contribution in [3.8, 4) is 0 Å². The monoisotopic (exact) mass is 237 g/mol. The molecule has 2 aromatic carbocycles. The summed E-state index contributed by atoms with van der Waals surface area (Å²) in [4.78, 5) is 0. The summed E-state index contributed by atoms with van der Waals surface area (Å²) in [5, 5.41) is 12.6. The maximum atomic E-state index is 9.18. The second kappa shape index (κ2) is 5.82. The van der Waals surface area contributed by atoms with Crippen LogP contribution in [0.3, 0.4) is 0 Å². The summed E-state index contributed by atoms with van der Waals surface area (Å²) in [5.74, 6) is 0. The number of rotatable bonds is 3. The molecule has 0 unspecified atom stereocenters. The first-order valence-corrected chi connectivity index (χ1v) is 5.82. The molecule has 0 atom stereocenters. The standard InChI is InChI=1S/C16H15NO/c1-13(12-14-8-4-2-5-9-14)16(17-18)15-10-6-3-7-11-15/h2-12,18H,1H3/b13-12+,17-16-. The SMILES string of the molecule is CC(=C\c1ccccc1)/C(=N/O)c1ccccc1. The van der Waals surface area contributed by atoms with E-state index in [-0.39, 0.29) is 0 Å². The molecule has 1 N–H and O–H groups in total. The predicted molar refractivity (Wildman–Crippen MR) is 74.9 cm³/mol. The van der Waals surface area contributed by atoms with E-state index < -0.39 is 0 Å². The largest absolute Gasteiger partial charge is 0.410 e. The summed E-state index contributed by atoms with van der Waals surface area (Å²) in [7, 11) is 0. The Kier molecular flexibility index (Phi) is 3.92. The van der Waals surface area contributed by atoms with Crippen LogP contribution in [0.2, 0.25) is 0 Å². The van der Waals surface area contributed by atoms with Crippen molar-refractivity contribution in [2.24, 2.45) is 5.16 Å². The van der Waals surface area contributed by atoms with Crippen molar-refractivity contribution in [1.29, 1.82) is 0 Å². The van der Waals surface area contributed by atoms with Crippen LogP contribution in [0.4, 0.5) is 0 Å². The molecular weight excluding hydrogens is 222 g/mol. The van der Waals surface area contributed by atoms with Crippen LogP contribution in [-0.2, 0) is 0 Å². The Labute approximate surface area is 107 Å². The molecule has 2 rings (SSSR count). The van der Waals surface area contributed by atoms with Gasteiger partial charge in [-0.1, -0.05) is 65.8 Å². The van der Waals surface area contributed by atoms with Crippen LogP contribution in [0.5, 0.6) is 0 Å². The molecule has 0 saturated carbocycles. The zero-order valence-electron chi connectivity index (χ0n) is 10.2. The minimum Gasteiger partial charge on any atom is -0.410 e. The lowest BCUT2D eigenvalue weighted by atomic mass is 10.0. The molecule has 0 aliphatic rings. The van der Waals surface area contributed by atoms with E-state index in [9.17, 15) is 5.21 Å². The smallest absolute Gasteiger partial charge is 0.112 e. The first-order valence-electron chi connectivity index (χ1n) is 5.82. The minimum absolute atomic E-state index is 0.597. The molecule has 0 aliphatic carbocycles. The summed E-state index contributed by atoms with van der Waals surface area (Å²) < 4.78 is 0. The number of nitrogens with zero attached hydrogens (tertiary/aromatic N) is 1. The van der Waals surface area contributed by atoms with Crippen molar-refractivity contribution in [3.05, 3.63) is 77.4 Å². The fourth-order valence-electron chi connectivity index (χ4n) is 1.83. The van der Waals surface area contributed by atoms with Gasteiger partial charge in [0.15, 0.2) is 0 Å². The van der Waals surface area contributed by atoms with Gasteiger partial charge >= 0.3 is 0 Å². The first kappa shape index (κ1) is 12.1. The van der Waals surface area contributed by atoms with Crippen molar-refractivity contribution < 1.29 is 5.21 Å². The lowest BCUT2D eigenvalue weighted by Crippen LogP contribution is -2.02. The molecule has 90 valence electrons. The highest BCUT2D eigenvalue weighted by molar-refractivity contribution is 6.14. The van der Waals surface area contributed by atoms with E-state index in [4.69, 9.17) is 0 Å². The molecule has 0 saturated heterocycles. The molecule has 2 heteroatoms. The molecular formula is C16H15NO. The minimum atomic E-state index is 0.597. The Morgan fingerprint density at radius 1 is 0.944 bits per heavy atom. The fourth-order valence-corrected chi connectivity index (χ4v) is 1.83. The van der Waals surface area contributed by atoms with Gasteiger partial charge in [0.25, 0.3) is 0 Å². The average Bonchev–Trinajstić information content (AvgIpc) is 2.42. The third-order valence-corrected chi connectivity index (χ3v) is 2.70. The van der Waals surface area contributed by atoms with E-state index in [1.165, 1.54) is 0 Å². The van der Waals surface area contributed by atoms with Crippen LogP contribution >= 0.6 is 0 Å². The average molecular weight is 237 g/mol. The van der Waals surface area contributed by atoms with Gasteiger partial charge in [-0.3, -0.25) is 0 Å². The number of allylic oxidation sites excluding steroid dienone is 1. The Morgan fingerprint density at radius 3 is 2.06 bits per heavy atom. The molecule has 0 radical (unpaired) electrons. The number of benzene rings is 2. The van der Waals surface area contributed by atoms with E-state index >= 15 is 0 Å². The second-order valence-corrected chi connectivity index (χ2v) is 4.05. The molecule has 0 bridgehead atoms. The van der Waals surface area contributed by atoms with Gasteiger partial charge in [0.05, 0.1) is 0 Å². The van der Waals surface area contributed by atoms with Gasteiger partial charge in [-0.25, -0.2) is 0 Å². The van der Waals surface area contributed by atoms with Gasteiger partial charge in [0.1, 0.15) is 5.71 Å². The van der Waals surface area contributed by atoms with Crippen LogP contribution < -0.4 is 0 Å². The lowest BCUT2D eigenvalue weighted by molar-refractivity contribution is 0.319. The van der Waals surface area contributed by atoms with Gasteiger partial charge in [-0.05, 0) is 24.1 Å². The highest BCUT2D eigenvalue weighted by Crippen LogP contribution is 2.13. The highest BCUT2D eigenvalue weighted by Gasteiger charge is 2.05. The molecule has 0 fully saturated rings. The maximum absolute atomic E-state index is 9.18. The second-order valence-electron chi connectivity index (χ2n) is 4.05. The van der Waals surface area contributed by atoms with Crippen molar-refractivity contribution in [2.45, 2.75) is 6.92 Å². The van der Waals surface area contributed by atoms with Crippen molar-refractivity contribution in [3.63, 3.8) is 0 Å². The fraction of sp³-hybridized carbons (Fsp3) is 0.0625. The molecule has 2 aromatic rings. The quantitative estimate of drug-likeness (QED) is 0.489. The topological polar surface area (TPSA) is 32.6 Å².